The van der Waals surface area contributed by atoms with Crippen LogP contribution in [0.2, 0.25) is 0 Å². The van der Waals surface area contributed by atoms with E-state index >= 15 is 0 Å². The van der Waals surface area contributed by atoms with E-state index in [1.807, 2.05) is 0 Å². The van der Waals surface area contributed by atoms with Crippen LogP contribution in [0.25, 0.3) is 0 Å². The summed E-state index contributed by atoms with van der Waals surface area (Å²) in [6, 6.07) is 0.0717. The SMILES string of the molecule is CCC1CCC(N(C)S(=O)(=O)c2cn(C)nc2N)CC1. The molecule has 20 heavy (non-hydrogen) atoms. The number of hydrogen-bond donors (Lipinski definition) is 1. The van der Waals surface area contributed by atoms with Crippen molar-refractivity contribution in [3.63, 3.8) is 0 Å². The molecule has 0 atom stereocenters. The highest BCUT2D eigenvalue weighted by Crippen LogP contribution is 2.32. The molecule has 1 aliphatic carbocycles. The van der Waals surface area contributed by atoms with E-state index in [1.54, 1.807) is 14.1 Å². The van der Waals surface area contributed by atoms with Gasteiger partial charge in [0, 0.05) is 26.3 Å². The molecule has 0 aromatic carbocycles. The van der Waals surface area contributed by atoms with Gasteiger partial charge in [-0.05, 0) is 31.6 Å². The first-order chi connectivity index (χ1) is 9.36. The summed E-state index contributed by atoms with van der Waals surface area (Å²) in [7, 11) is -0.228. The molecule has 1 saturated carbocycles. The first-order valence-electron chi connectivity index (χ1n) is 7.13. The van der Waals surface area contributed by atoms with Gasteiger partial charge in [0.25, 0.3) is 0 Å². The van der Waals surface area contributed by atoms with Gasteiger partial charge in [-0.2, -0.15) is 9.40 Å². The zero-order valence-electron chi connectivity index (χ0n) is 12.4. The average Bonchev–Trinajstić information content (AvgIpc) is 2.77. The van der Waals surface area contributed by atoms with Gasteiger partial charge in [0.05, 0.1) is 0 Å². The molecular formula is C13H24N4O2S. The van der Waals surface area contributed by atoms with Crippen LogP contribution in [0.5, 0.6) is 0 Å². The summed E-state index contributed by atoms with van der Waals surface area (Å²) >= 11 is 0. The third-order valence-electron chi connectivity index (χ3n) is 4.39. The molecule has 0 radical (unpaired) electrons. The molecule has 1 aliphatic rings. The van der Waals surface area contributed by atoms with Gasteiger partial charge in [-0.3, -0.25) is 4.68 Å². The first-order valence-corrected chi connectivity index (χ1v) is 8.57. The van der Waals surface area contributed by atoms with E-state index in [2.05, 4.69) is 12.0 Å². The molecule has 2 N–H and O–H groups in total. The fraction of sp³-hybridized carbons (Fsp3) is 0.769. The number of nitrogens with zero attached hydrogens (tertiary/aromatic N) is 3. The molecule has 114 valence electrons. The van der Waals surface area contributed by atoms with Gasteiger partial charge in [-0.1, -0.05) is 13.3 Å². The van der Waals surface area contributed by atoms with Crippen molar-refractivity contribution >= 4 is 15.8 Å². The number of aromatic nitrogens is 2. The van der Waals surface area contributed by atoms with Crippen LogP contribution in [-0.2, 0) is 17.1 Å². The Hall–Kier alpha value is -1.08. The smallest absolute Gasteiger partial charge is 0.248 e. The summed E-state index contributed by atoms with van der Waals surface area (Å²) in [4.78, 5) is 0.111. The molecule has 0 spiro atoms. The van der Waals surface area contributed by atoms with Gasteiger partial charge >= 0.3 is 0 Å². The van der Waals surface area contributed by atoms with Gasteiger partial charge in [0.2, 0.25) is 10.0 Å². The van der Waals surface area contributed by atoms with Crippen LogP contribution in [0.15, 0.2) is 11.1 Å². The summed E-state index contributed by atoms with van der Waals surface area (Å²) in [5.74, 6) is 0.812. The van der Waals surface area contributed by atoms with Crippen molar-refractivity contribution in [2.45, 2.75) is 50.0 Å². The highest BCUT2D eigenvalue weighted by molar-refractivity contribution is 7.89. The summed E-state index contributed by atoms with van der Waals surface area (Å²) in [6.45, 7) is 2.20. The Bertz CT molecular complexity index is 559. The van der Waals surface area contributed by atoms with Crippen LogP contribution in [0.4, 0.5) is 5.82 Å². The Labute approximate surface area is 121 Å². The van der Waals surface area contributed by atoms with Crippen molar-refractivity contribution in [1.29, 1.82) is 0 Å². The molecule has 1 heterocycles. The molecule has 0 aliphatic heterocycles. The lowest BCUT2D eigenvalue weighted by molar-refractivity contribution is 0.233. The number of nitrogen functional groups attached to an aromatic ring is 1. The predicted molar refractivity (Wildman–Crippen MR) is 78.6 cm³/mol. The van der Waals surface area contributed by atoms with Gasteiger partial charge in [-0.25, -0.2) is 8.42 Å². The number of sulfonamides is 1. The molecule has 2 rings (SSSR count). The van der Waals surface area contributed by atoms with E-state index in [4.69, 9.17) is 5.73 Å². The largest absolute Gasteiger partial charge is 0.381 e. The Balaban J connectivity index is 2.16. The van der Waals surface area contributed by atoms with E-state index in [-0.39, 0.29) is 16.8 Å². The summed E-state index contributed by atoms with van der Waals surface area (Å²) in [5.41, 5.74) is 5.70. The predicted octanol–water partition coefficient (Wildman–Crippen LogP) is 1.59. The maximum absolute atomic E-state index is 12.6. The number of anilines is 1. The molecule has 6 nitrogen and oxygen atoms in total. The molecule has 0 bridgehead atoms. The van der Waals surface area contributed by atoms with E-state index in [0.717, 1.165) is 31.6 Å². The van der Waals surface area contributed by atoms with E-state index in [0.29, 0.717) is 0 Å². The molecular weight excluding hydrogens is 276 g/mol. The van der Waals surface area contributed by atoms with E-state index in [9.17, 15) is 8.42 Å². The molecule has 1 fully saturated rings. The molecule has 1 aromatic heterocycles. The quantitative estimate of drug-likeness (QED) is 0.915. The lowest BCUT2D eigenvalue weighted by Crippen LogP contribution is -2.39. The Morgan fingerprint density at radius 3 is 2.45 bits per heavy atom. The number of aryl methyl sites for hydroxylation is 1. The molecule has 0 amide bonds. The van der Waals surface area contributed by atoms with Crippen molar-refractivity contribution in [2.24, 2.45) is 13.0 Å². The molecule has 1 aromatic rings. The second kappa shape index (κ2) is 5.73. The lowest BCUT2D eigenvalue weighted by atomic mass is 9.85. The van der Waals surface area contributed by atoms with Gasteiger partial charge in [-0.15, -0.1) is 0 Å². The fourth-order valence-electron chi connectivity index (χ4n) is 2.95. The van der Waals surface area contributed by atoms with Crippen LogP contribution in [0.3, 0.4) is 0 Å². The zero-order chi connectivity index (χ0) is 14.9. The lowest BCUT2D eigenvalue weighted by Gasteiger charge is -2.33. The number of rotatable bonds is 4. The normalized spacial score (nSPS) is 24.2. The number of hydrogen-bond acceptors (Lipinski definition) is 4. The van der Waals surface area contributed by atoms with Crippen LogP contribution < -0.4 is 5.73 Å². The van der Waals surface area contributed by atoms with E-state index in [1.165, 1.54) is 21.6 Å². The Morgan fingerprint density at radius 1 is 1.40 bits per heavy atom. The minimum Gasteiger partial charge on any atom is -0.381 e. The van der Waals surface area contributed by atoms with Gasteiger partial charge in [0.1, 0.15) is 4.90 Å². The monoisotopic (exact) mass is 300 g/mol. The van der Waals surface area contributed by atoms with Gasteiger partial charge < -0.3 is 5.73 Å². The Kier molecular flexibility index (Phi) is 4.39. The topological polar surface area (TPSA) is 81.2 Å². The van der Waals surface area contributed by atoms with Crippen LogP contribution in [0.1, 0.15) is 39.0 Å². The average molecular weight is 300 g/mol. The second-order valence-electron chi connectivity index (χ2n) is 5.66. The van der Waals surface area contributed by atoms with Crippen molar-refractivity contribution in [2.75, 3.05) is 12.8 Å². The van der Waals surface area contributed by atoms with Crippen molar-refractivity contribution < 1.29 is 8.42 Å². The van der Waals surface area contributed by atoms with E-state index < -0.39 is 10.0 Å². The zero-order valence-corrected chi connectivity index (χ0v) is 13.2. The number of nitrogens with two attached hydrogens (primary N) is 1. The van der Waals surface area contributed by atoms with Crippen LogP contribution >= 0.6 is 0 Å². The molecule has 0 unspecified atom stereocenters. The highest BCUT2D eigenvalue weighted by atomic mass is 32.2. The molecule has 0 saturated heterocycles. The standard InChI is InChI=1S/C13H24N4O2S/c1-4-10-5-7-11(8-6-10)17(3)20(18,19)12-9-16(2)15-13(12)14/h9-11H,4-8H2,1-3H3,(H2,14,15). The first kappa shape index (κ1) is 15.3. The van der Waals surface area contributed by atoms with Crippen LogP contribution in [-0.4, -0.2) is 35.6 Å². The van der Waals surface area contributed by atoms with Crippen molar-refractivity contribution in [1.82, 2.24) is 14.1 Å². The van der Waals surface area contributed by atoms with Crippen LogP contribution in [0, 0.1) is 5.92 Å². The van der Waals surface area contributed by atoms with Gasteiger partial charge in [0.15, 0.2) is 5.82 Å². The maximum Gasteiger partial charge on any atom is 0.248 e. The summed E-state index contributed by atoms with van der Waals surface area (Å²) < 4.78 is 28.1. The highest BCUT2D eigenvalue weighted by Gasteiger charge is 2.33. The Morgan fingerprint density at radius 2 is 2.00 bits per heavy atom. The third kappa shape index (κ3) is 2.83. The minimum absolute atomic E-state index is 0.0709. The minimum atomic E-state index is -3.55. The third-order valence-corrected chi connectivity index (χ3v) is 6.31. The maximum atomic E-state index is 12.6. The molecule has 7 heteroatoms. The second-order valence-corrected chi connectivity index (χ2v) is 7.62. The summed E-state index contributed by atoms with van der Waals surface area (Å²) in [6.07, 6.45) is 6.70. The fourth-order valence-corrected chi connectivity index (χ4v) is 4.46. The summed E-state index contributed by atoms with van der Waals surface area (Å²) in [5, 5.41) is 3.92. The van der Waals surface area contributed by atoms with Crippen molar-refractivity contribution in [3.05, 3.63) is 6.20 Å². The van der Waals surface area contributed by atoms with Crippen molar-refractivity contribution in [3.8, 4) is 0 Å².